The first-order chi connectivity index (χ1) is 8.68. The van der Waals surface area contributed by atoms with Crippen LogP contribution in [0.3, 0.4) is 0 Å². The maximum Gasteiger partial charge on any atom is 0.182 e. The molecular weight excluding hydrogens is 266 g/mol. The Kier molecular flexibility index (Phi) is 4.81. The Morgan fingerprint density at radius 2 is 1.89 bits per heavy atom. The van der Waals surface area contributed by atoms with E-state index in [1.807, 2.05) is 25.9 Å². The molecule has 0 unspecified atom stereocenters. The molecule has 19 heavy (non-hydrogen) atoms. The molecule has 0 amide bonds. The lowest BCUT2D eigenvalue weighted by atomic mass is 10.5. The number of anilines is 2. The van der Waals surface area contributed by atoms with Crippen LogP contribution in [0.15, 0.2) is 4.90 Å². The fraction of sp³-hybridized carbons (Fsp3) is 0.727. The van der Waals surface area contributed by atoms with Crippen molar-refractivity contribution in [3.8, 4) is 0 Å². The fourth-order valence-electron chi connectivity index (χ4n) is 1.67. The van der Waals surface area contributed by atoms with Gasteiger partial charge in [-0.15, -0.1) is 0 Å². The van der Waals surface area contributed by atoms with Gasteiger partial charge in [-0.05, 0) is 21.0 Å². The second-order valence-corrected chi connectivity index (χ2v) is 6.80. The summed E-state index contributed by atoms with van der Waals surface area (Å²) < 4.78 is 25.3. The molecule has 0 saturated carbocycles. The molecule has 8 heteroatoms. The van der Waals surface area contributed by atoms with Crippen molar-refractivity contribution in [2.24, 2.45) is 0 Å². The van der Waals surface area contributed by atoms with E-state index in [0.717, 1.165) is 12.8 Å². The first kappa shape index (κ1) is 15.8. The Bertz CT molecular complexity index is 536. The van der Waals surface area contributed by atoms with E-state index in [1.54, 1.807) is 16.6 Å². The lowest BCUT2D eigenvalue weighted by molar-refractivity contribution is 0.375. The second kappa shape index (κ2) is 5.79. The average molecular weight is 289 g/mol. The van der Waals surface area contributed by atoms with Crippen LogP contribution in [-0.2, 0) is 16.4 Å². The van der Waals surface area contributed by atoms with Crippen LogP contribution in [0.1, 0.15) is 6.92 Å². The molecule has 7 nitrogen and oxygen atoms in total. The van der Waals surface area contributed by atoms with Crippen LogP contribution >= 0.6 is 0 Å². The number of likely N-dealkylation sites (N-methyl/N-ethyl adjacent to an activating group) is 1. The molecule has 0 aromatic carbocycles. The normalized spacial score (nSPS) is 12.1. The summed E-state index contributed by atoms with van der Waals surface area (Å²) in [5.74, 6) is 0.626. The summed E-state index contributed by atoms with van der Waals surface area (Å²) in [5, 5.41) is 4.33. The van der Waals surface area contributed by atoms with Crippen LogP contribution in [0.25, 0.3) is 0 Å². The first-order valence-electron chi connectivity index (χ1n) is 6.10. The lowest BCUT2D eigenvalue weighted by Crippen LogP contribution is -2.21. The average Bonchev–Trinajstić information content (AvgIpc) is 2.62. The van der Waals surface area contributed by atoms with Crippen molar-refractivity contribution >= 4 is 21.5 Å². The van der Waals surface area contributed by atoms with E-state index < -0.39 is 9.84 Å². The zero-order valence-corrected chi connectivity index (χ0v) is 13.0. The topological polar surface area (TPSA) is 84.5 Å². The lowest BCUT2D eigenvalue weighted by Gasteiger charge is -2.14. The van der Waals surface area contributed by atoms with Crippen molar-refractivity contribution in [1.29, 1.82) is 0 Å². The summed E-state index contributed by atoms with van der Waals surface area (Å²) in [6.07, 6.45) is 1.16. The number of nitrogen functional groups attached to an aromatic ring is 1. The van der Waals surface area contributed by atoms with Crippen LogP contribution in [0.4, 0.5) is 11.6 Å². The van der Waals surface area contributed by atoms with E-state index in [4.69, 9.17) is 5.73 Å². The molecule has 0 atom stereocenters. The van der Waals surface area contributed by atoms with Gasteiger partial charge in [-0.1, -0.05) is 0 Å². The van der Waals surface area contributed by atoms with Crippen molar-refractivity contribution in [1.82, 2.24) is 14.7 Å². The maximum atomic E-state index is 11.9. The summed E-state index contributed by atoms with van der Waals surface area (Å²) in [7, 11) is 2.28. The van der Waals surface area contributed by atoms with E-state index in [2.05, 4.69) is 5.10 Å². The molecule has 1 heterocycles. The summed E-state index contributed by atoms with van der Waals surface area (Å²) in [6.45, 7) is 3.89. The van der Waals surface area contributed by atoms with Gasteiger partial charge >= 0.3 is 0 Å². The fourth-order valence-corrected chi connectivity index (χ4v) is 2.68. The van der Waals surface area contributed by atoms with Gasteiger partial charge in [0.05, 0.1) is 6.54 Å². The molecule has 110 valence electrons. The molecule has 1 aromatic heterocycles. The molecule has 0 spiro atoms. The van der Waals surface area contributed by atoms with Gasteiger partial charge in [0, 0.05) is 26.4 Å². The molecule has 0 bridgehead atoms. The minimum absolute atomic E-state index is 0.121. The molecule has 0 saturated heterocycles. The van der Waals surface area contributed by atoms with Gasteiger partial charge in [0.25, 0.3) is 0 Å². The summed E-state index contributed by atoms with van der Waals surface area (Å²) in [4.78, 5) is 3.89. The van der Waals surface area contributed by atoms with Crippen molar-refractivity contribution in [2.75, 3.05) is 51.1 Å². The van der Waals surface area contributed by atoms with Gasteiger partial charge in [0.1, 0.15) is 5.82 Å². The number of hydrogen-bond acceptors (Lipinski definition) is 6. The summed E-state index contributed by atoms with van der Waals surface area (Å²) in [5.41, 5.74) is 5.95. The third kappa shape index (κ3) is 3.60. The minimum atomic E-state index is -3.40. The van der Waals surface area contributed by atoms with Gasteiger partial charge in [-0.3, -0.25) is 0 Å². The molecule has 1 rings (SSSR count). The maximum absolute atomic E-state index is 11.9. The Labute approximate surface area is 114 Å². The molecule has 0 radical (unpaired) electrons. The highest BCUT2D eigenvalue weighted by atomic mass is 32.2. The number of nitrogens with zero attached hydrogens (tertiary/aromatic N) is 4. The zero-order valence-electron chi connectivity index (χ0n) is 12.2. The van der Waals surface area contributed by atoms with E-state index in [1.165, 1.54) is 0 Å². The van der Waals surface area contributed by atoms with Crippen molar-refractivity contribution in [3.05, 3.63) is 0 Å². The minimum Gasteiger partial charge on any atom is -0.383 e. The van der Waals surface area contributed by atoms with Gasteiger partial charge in [0.2, 0.25) is 0 Å². The molecular formula is C11H23N5O2S. The first-order valence-corrected chi connectivity index (χ1v) is 7.99. The van der Waals surface area contributed by atoms with Crippen LogP contribution in [-0.4, -0.2) is 63.6 Å². The van der Waals surface area contributed by atoms with Crippen molar-refractivity contribution in [2.45, 2.75) is 18.4 Å². The molecule has 0 aliphatic carbocycles. The van der Waals surface area contributed by atoms with Gasteiger partial charge in [-0.2, -0.15) is 5.10 Å². The standard InChI is InChI=1S/C11H23N5O2S/c1-6-15(4)11-9(19(5,17)18)10(12)16(13-11)8-7-14(2)3/h6-8,12H2,1-5H3. The van der Waals surface area contributed by atoms with E-state index in [0.29, 0.717) is 18.9 Å². The number of nitrogens with two attached hydrogens (primary N) is 1. The zero-order chi connectivity index (χ0) is 14.8. The predicted molar refractivity (Wildman–Crippen MR) is 77.2 cm³/mol. The molecule has 1 aromatic rings. The summed E-state index contributed by atoms with van der Waals surface area (Å²) >= 11 is 0. The number of rotatable bonds is 6. The van der Waals surface area contributed by atoms with Crippen LogP contribution in [0, 0.1) is 0 Å². The Hall–Kier alpha value is -1.28. The van der Waals surface area contributed by atoms with Crippen molar-refractivity contribution < 1.29 is 8.42 Å². The number of aromatic nitrogens is 2. The van der Waals surface area contributed by atoms with E-state index >= 15 is 0 Å². The molecule has 0 fully saturated rings. The smallest absolute Gasteiger partial charge is 0.182 e. The summed E-state index contributed by atoms with van der Waals surface area (Å²) in [6, 6.07) is 0. The van der Waals surface area contributed by atoms with Gasteiger partial charge in [0.15, 0.2) is 20.6 Å². The van der Waals surface area contributed by atoms with Crippen LogP contribution < -0.4 is 10.6 Å². The van der Waals surface area contributed by atoms with E-state index in [9.17, 15) is 8.42 Å². The molecule has 0 aliphatic rings. The van der Waals surface area contributed by atoms with Gasteiger partial charge < -0.3 is 15.5 Å². The van der Waals surface area contributed by atoms with E-state index in [-0.39, 0.29) is 10.7 Å². The Balaban J connectivity index is 3.27. The predicted octanol–water partition coefficient (Wildman–Crippen LogP) is -0.113. The highest BCUT2D eigenvalue weighted by Crippen LogP contribution is 2.29. The van der Waals surface area contributed by atoms with Crippen LogP contribution in [0.5, 0.6) is 0 Å². The molecule has 2 N–H and O–H groups in total. The third-order valence-corrected chi connectivity index (χ3v) is 4.03. The monoisotopic (exact) mass is 289 g/mol. The number of sulfone groups is 1. The Morgan fingerprint density at radius 3 is 2.32 bits per heavy atom. The highest BCUT2D eigenvalue weighted by molar-refractivity contribution is 7.91. The van der Waals surface area contributed by atoms with Gasteiger partial charge in [-0.25, -0.2) is 13.1 Å². The SMILES string of the molecule is CCN(C)c1nn(CCN(C)C)c(N)c1S(C)(=O)=O. The Morgan fingerprint density at radius 1 is 1.32 bits per heavy atom. The number of hydrogen-bond donors (Lipinski definition) is 1. The quantitative estimate of drug-likeness (QED) is 0.786. The molecule has 0 aliphatic heterocycles. The third-order valence-electron chi connectivity index (χ3n) is 2.89. The second-order valence-electron chi connectivity index (χ2n) is 4.85. The van der Waals surface area contributed by atoms with Crippen molar-refractivity contribution in [3.63, 3.8) is 0 Å². The highest BCUT2D eigenvalue weighted by Gasteiger charge is 2.25. The largest absolute Gasteiger partial charge is 0.383 e. The van der Waals surface area contributed by atoms with Crippen LogP contribution in [0.2, 0.25) is 0 Å².